The summed E-state index contributed by atoms with van der Waals surface area (Å²) in [7, 11) is -5.84. The quantitative estimate of drug-likeness (QED) is 0.401. The fraction of sp³-hybridized carbons (Fsp3) is 0.769. The fourth-order valence-corrected chi connectivity index (χ4v) is 0. The molecule has 0 saturated carbocycles. The summed E-state index contributed by atoms with van der Waals surface area (Å²) < 4.78 is 57.5. The van der Waals surface area contributed by atoms with Crippen LogP contribution in [0.2, 0.25) is 0 Å². The van der Waals surface area contributed by atoms with Crippen molar-refractivity contribution in [2.24, 2.45) is 17.8 Å². The maximum atomic E-state index is 10.7. The van der Waals surface area contributed by atoms with Gasteiger partial charge in [-0.2, -0.15) is 21.6 Å². The zero-order valence-electron chi connectivity index (χ0n) is 15.1. The standard InChI is InChI=1S/3C4H8O2.CHF3O3S/c3*1-3(2)4(5)6;2-1(3,4)8(5,6)7/h3*3H,1-2H3,(H,5,6);(H,5,6,7). The molecule has 4 N–H and O–H groups in total. The van der Waals surface area contributed by atoms with Gasteiger partial charge in [-0.3, -0.25) is 18.9 Å². The predicted octanol–water partition coefficient (Wildman–Crippen LogP) is 2.58. The molecule has 0 aliphatic rings. The Hall–Kier alpha value is -1.89. The third kappa shape index (κ3) is 27.0. The number of aliphatic carboxylic acids is 3. The van der Waals surface area contributed by atoms with Gasteiger partial charge in [0.05, 0.1) is 17.8 Å². The Bertz CT molecular complexity index is 481. The SMILES string of the molecule is CC(C)C(=O)O.CC(C)C(=O)O.CC(C)C(=O)O.O=S(=O)(O)C(F)(F)F. The average molecular weight is 414 g/mol. The summed E-state index contributed by atoms with van der Waals surface area (Å²) in [6.07, 6.45) is 0. The summed E-state index contributed by atoms with van der Waals surface area (Å²) >= 11 is 0. The Morgan fingerprint density at radius 3 is 0.769 bits per heavy atom. The second-order valence-corrected chi connectivity index (χ2v) is 6.81. The molecule has 0 amide bonds. The molecule has 9 nitrogen and oxygen atoms in total. The van der Waals surface area contributed by atoms with Gasteiger partial charge in [0.1, 0.15) is 0 Å². The summed E-state index contributed by atoms with van der Waals surface area (Å²) in [6.45, 7) is 9.85. The van der Waals surface area contributed by atoms with Crippen LogP contribution in [0.3, 0.4) is 0 Å². The first-order chi connectivity index (χ1) is 11.2. The zero-order valence-corrected chi connectivity index (χ0v) is 15.9. The normalized spacial score (nSPS) is 10.7. The molecule has 0 aromatic heterocycles. The van der Waals surface area contributed by atoms with Gasteiger partial charge in [0.2, 0.25) is 0 Å². The molecule has 13 heteroatoms. The molecule has 0 atom stereocenters. The molecule has 0 aliphatic carbocycles. The lowest BCUT2D eigenvalue weighted by Crippen LogP contribution is -2.21. The lowest BCUT2D eigenvalue weighted by Gasteiger charge is -1.97. The molecule has 0 heterocycles. The molecule has 0 fully saturated rings. The van der Waals surface area contributed by atoms with Crippen molar-refractivity contribution in [1.29, 1.82) is 0 Å². The number of halogens is 3. The van der Waals surface area contributed by atoms with E-state index in [0.717, 1.165) is 0 Å². The van der Waals surface area contributed by atoms with Crippen LogP contribution in [0, 0.1) is 17.8 Å². The van der Waals surface area contributed by atoms with Crippen LogP contribution in [0.5, 0.6) is 0 Å². The smallest absolute Gasteiger partial charge is 0.481 e. The highest BCUT2D eigenvalue weighted by Gasteiger charge is 2.44. The summed E-state index contributed by atoms with van der Waals surface area (Å²) in [6, 6.07) is 0. The highest BCUT2D eigenvalue weighted by atomic mass is 32.2. The predicted molar refractivity (Wildman–Crippen MR) is 85.0 cm³/mol. The first kappa shape index (κ1) is 31.8. The van der Waals surface area contributed by atoms with Crippen molar-refractivity contribution < 1.29 is 55.8 Å². The lowest BCUT2D eigenvalue weighted by molar-refractivity contribution is -0.141. The van der Waals surface area contributed by atoms with Gasteiger partial charge in [-0.15, -0.1) is 0 Å². The molecule has 0 spiro atoms. The monoisotopic (exact) mass is 414 g/mol. The van der Waals surface area contributed by atoms with E-state index in [4.69, 9.17) is 28.3 Å². The second kappa shape index (κ2) is 14.3. The molecule has 0 unspecified atom stereocenters. The van der Waals surface area contributed by atoms with Crippen LogP contribution in [0.4, 0.5) is 13.2 Å². The van der Waals surface area contributed by atoms with Crippen molar-refractivity contribution >= 4 is 28.0 Å². The summed E-state index contributed by atoms with van der Waals surface area (Å²) in [5, 5.41) is 24.0. The van der Waals surface area contributed by atoms with Crippen LogP contribution in [0.15, 0.2) is 0 Å². The van der Waals surface area contributed by atoms with E-state index in [1.807, 2.05) is 0 Å². The maximum absolute atomic E-state index is 10.7. The summed E-state index contributed by atoms with van der Waals surface area (Å²) in [5.74, 6) is -2.92. The van der Waals surface area contributed by atoms with Gasteiger partial charge < -0.3 is 15.3 Å². The van der Waals surface area contributed by atoms with E-state index in [-0.39, 0.29) is 17.8 Å². The minimum atomic E-state index is -5.84. The van der Waals surface area contributed by atoms with Crippen LogP contribution in [0.25, 0.3) is 0 Å². The van der Waals surface area contributed by atoms with Crippen LogP contribution in [0.1, 0.15) is 41.5 Å². The topological polar surface area (TPSA) is 166 Å². The van der Waals surface area contributed by atoms with E-state index in [2.05, 4.69) is 0 Å². The van der Waals surface area contributed by atoms with E-state index in [1.165, 1.54) is 0 Å². The molecular formula is C13H25F3O9S. The fourth-order valence-electron chi connectivity index (χ4n) is 0. The first-order valence-electron chi connectivity index (χ1n) is 6.90. The Balaban J connectivity index is -0.000000125. The maximum Gasteiger partial charge on any atom is 0.522 e. The molecule has 26 heavy (non-hydrogen) atoms. The van der Waals surface area contributed by atoms with Gasteiger partial charge >= 0.3 is 33.5 Å². The molecule has 0 aromatic carbocycles. The Morgan fingerprint density at radius 1 is 0.692 bits per heavy atom. The number of carboxylic acids is 3. The second-order valence-electron chi connectivity index (χ2n) is 5.40. The van der Waals surface area contributed by atoms with E-state index >= 15 is 0 Å². The Kier molecular flexibility index (Phi) is 17.5. The van der Waals surface area contributed by atoms with Crippen molar-refractivity contribution in [2.75, 3.05) is 0 Å². The van der Waals surface area contributed by atoms with Gasteiger partial charge in [-0.1, -0.05) is 41.5 Å². The van der Waals surface area contributed by atoms with Crippen molar-refractivity contribution in [3.63, 3.8) is 0 Å². The number of rotatable bonds is 3. The number of carboxylic acid groups (broad SMARTS) is 3. The third-order valence-electron chi connectivity index (χ3n) is 1.77. The number of hydrogen-bond donors (Lipinski definition) is 4. The highest BCUT2D eigenvalue weighted by Crippen LogP contribution is 2.20. The molecular weight excluding hydrogens is 389 g/mol. The average Bonchev–Trinajstić information content (AvgIpc) is 2.37. The molecule has 0 radical (unpaired) electrons. The Morgan fingerprint density at radius 2 is 0.769 bits per heavy atom. The Labute approximate surface area is 149 Å². The van der Waals surface area contributed by atoms with E-state index in [1.54, 1.807) is 41.5 Å². The van der Waals surface area contributed by atoms with E-state index < -0.39 is 33.5 Å². The van der Waals surface area contributed by atoms with Crippen LogP contribution in [-0.4, -0.2) is 51.7 Å². The molecule has 158 valence electrons. The summed E-state index contributed by atoms with van der Waals surface area (Å²) in [4.78, 5) is 29.1. The molecule has 0 rings (SSSR count). The molecule has 0 aromatic rings. The molecule has 0 bridgehead atoms. The van der Waals surface area contributed by atoms with Crippen LogP contribution >= 0.6 is 0 Å². The first-order valence-corrected chi connectivity index (χ1v) is 8.34. The van der Waals surface area contributed by atoms with Gasteiger partial charge in [0.25, 0.3) is 0 Å². The largest absolute Gasteiger partial charge is 0.522 e. The summed E-state index contributed by atoms with van der Waals surface area (Å²) in [5.41, 5.74) is -5.53. The number of alkyl halides is 3. The molecule has 0 saturated heterocycles. The minimum absolute atomic E-state index is 0.231. The van der Waals surface area contributed by atoms with Crippen molar-refractivity contribution in [3.8, 4) is 0 Å². The van der Waals surface area contributed by atoms with Crippen molar-refractivity contribution in [1.82, 2.24) is 0 Å². The van der Waals surface area contributed by atoms with Crippen molar-refractivity contribution in [2.45, 2.75) is 47.1 Å². The van der Waals surface area contributed by atoms with Gasteiger partial charge in [-0.05, 0) is 0 Å². The van der Waals surface area contributed by atoms with Gasteiger partial charge in [0.15, 0.2) is 0 Å². The van der Waals surface area contributed by atoms with Gasteiger partial charge in [-0.25, -0.2) is 0 Å². The lowest BCUT2D eigenvalue weighted by atomic mass is 10.2. The van der Waals surface area contributed by atoms with E-state index in [9.17, 15) is 27.6 Å². The van der Waals surface area contributed by atoms with Crippen LogP contribution in [-0.2, 0) is 24.5 Å². The van der Waals surface area contributed by atoms with Crippen LogP contribution < -0.4 is 0 Å². The third-order valence-corrected chi connectivity index (χ3v) is 2.36. The molecule has 0 aliphatic heterocycles. The van der Waals surface area contributed by atoms with Gasteiger partial charge in [0, 0.05) is 0 Å². The number of carbonyl (C=O) groups is 3. The number of hydrogen-bond acceptors (Lipinski definition) is 5. The van der Waals surface area contributed by atoms with Crippen molar-refractivity contribution in [3.05, 3.63) is 0 Å². The minimum Gasteiger partial charge on any atom is -0.481 e. The van der Waals surface area contributed by atoms with E-state index in [0.29, 0.717) is 0 Å². The highest BCUT2D eigenvalue weighted by molar-refractivity contribution is 7.86. The zero-order chi connectivity index (χ0) is 22.5.